The average Bonchev–Trinajstić information content (AvgIpc) is 3.65. The molecular formula is C34H45N9O2. The van der Waals surface area contributed by atoms with Gasteiger partial charge in [0.25, 0.3) is 0 Å². The van der Waals surface area contributed by atoms with Gasteiger partial charge in [-0.1, -0.05) is 6.07 Å². The van der Waals surface area contributed by atoms with Crippen LogP contribution < -0.4 is 19.9 Å². The minimum atomic E-state index is 0.00323. The van der Waals surface area contributed by atoms with Crippen LogP contribution in [0.4, 0.5) is 11.5 Å². The molecule has 2 aromatic heterocycles. The van der Waals surface area contributed by atoms with Gasteiger partial charge in [0.2, 0.25) is 0 Å². The quantitative estimate of drug-likeness (QED) is 0.400. The Morgan fingerprint density at radius 3 is 2.84 bits per heavy atom. The van der Waals surface area contributed by atoms with Gasteiger partial charge in [0, 0.05) is 61.9 Å². The third kappa shape index (κ3) is 5.73. The third-order valence-electron chi connectivity index (χ3n) is 10.5. The van der Waals surface area contributed by atoms with Crippen molar-refractivity contribution >= 4 is 22.4 Å². The second kappa shape index (κ2) is 12.4. The van der Waals surface area contributed by atoms with Crippen LogP contribution in [0.3, 0.4) is 0 Å². The number of nitrogens with one attached hydrogen (secondary N) is 1. The van der Waals surface area contributed by atoms with Crippen molar-refractivity contribution in [3.05, 3.63) is 35.2 Å². The van der Waals surface area contributed by atoms with Crippen LogP contribution in [0.25, 0.3) is 10.9 Å². The fraction of sp³-hybridized carbons (Fsp3) is 0.647. The van der Waals surface area contributed by atoms with E-state index in [2.05, 4.69) is 49.8 Å². The number of anilines is 2. The molecule has 238 valence electrons. The lowest BCUT2D eigenvalue weighted by molar-refractivity contribution is -0.0366. The molecule has 45 heavy (non-hydrogen) atoms. The van der Waals surface area contributed by atoms with E-state index < -0.39 is 0 Å². The molecule has 3 atom stereocenters. The summed E-state index contributed by atoms with van der Waals surface area (Å²) < 4.78 is 14.7. The van der Waals surface area contributed by atoms with Gasteiger partial charge in [-0.3, -0.25) is 4.90 Å². The number of rotatable bonds is 8. The smallest absolute Gasteiger partial charge is 0.318 e. The summed E-state index contributed by atoms with van der Waals surface area (Å²) in [6.07, 6.45) is 11.7. The number of benzene rings is 1. The Morgan fingerprint density at radius 2 is 2.00 bits per heavy atom. The summed E-state index contributed by atoms with van der Waals surface area (Å²) in [5, 5.41) is 18.9. The summed E-state index contributed by atoms with van der Waals surface area (Å²) in [5.41, 5.74) is 5.85. The van der Waals surface area contributed by atoms with Crippen LogP contribution in [-0.4, -0.2) is 88.7 Å². The molecule has 1 aliphatic carbocycles. The monoisotopic (exact) mass is 611 g/mol. The van der Waals surface area contributed by atoms with Crippen molar-refractivity contribution in [3.8, 4) is 12.1 Å². The van der Waals surface area contributed by atoms with Crippen LogP contribution in [-0.2, 0) is 17.7 Å². The first-order chi connectivity index (χ1) is 22.2. The molecule has 1 N–H and O–H groups in total. The zero-order valence-electron chi connectivity index (χ0n) is 26.5. The van der Waals surface area contributed by atoms with E-state index in [0.717, 1.165) is 75.1 Å². The first-order valence-corrected chi connectivity index (χ1v) is 17.1. The lowest BCUT2D eigenvalue weighted by Gasteiger charge is -2.37. The molecule has 4 aliphatic heterocycles. The Morgan fingerprint density at radius 1 is 1.07 bits per heavy atom. The number of hydrogen-bond acceptors (Lipinski definition) is 10. The van der Waals surface area contributed by atoms with Crippen LogP contribution in [0.15, 0.2) is 18.3 Å². The molecule has 0 amide bonds. The summed E-state index contributed by atoms with van der Waals surface area (Å²) in [6, 6.07) is 8.57. The summed E-state index contributed by atoms with van der Waals surface area (Å²) in [5.74, 6) is 0.988. The standard InChI is InChI=1S/C34H45N9O2/c1-23-7-10-30-28(19-37-43(30)31-6-2-3-18-44-31)32(23)40-16-12-27-29(21-40)38-34(45-22-26-5-4-15-42(26)25-8-9-25)39-33(27)41-17-14-36-24(20-41)11-13-35/h7,10,19,24-26,31,36H,2-6,8-9,11-12,14-18,20-22H2,1H3/t24-,26-,31?/m0/s1. The molecule has 3 aromatic rings. The van der Waals surface area contributed by atoms with E-state index in [0.29, 0.717) is 31.6 Å². The minimum absolute atomic E-state index is 0.00323. The Balaban J connectivity index is 1.10. The number of aryl methyl sites for hydroxylation is 1. The van der Waals surface area contributed by atoms with Gasteiger partial charge in [-0.15, -0.1) is 0 Å². The van der Waals surface area contributed by atoms with Gasteiger partial charge in [0.15, 0.2) is 6.23 Å². The minimum Gasteiger partial charge on any atom is -0.462 e. The van der Waals surface area contributed by atoms with Gasteiger partial charge in [0.1, 0.15) is 12.4 Å². The largest absolute Gasteiger partial charge is 0.462 e. The third-order valence-corrected chi connectivity index (χ3v) is 10.5. The normalized spacial score (nSPS) is 25.8. The highest BCUT2D eigenvalue weighted by atomic mass is 16.5. The molecule has 1 saturated carbocycles. The first kappa shape index (κ1) is 29.0. The van der Waals surface area contributed by atoms with Crippen LogP contribution >= 0.6 is 0 Å². The van der Waals surface area contributed by atoms with E-state index in [1.165, 1.54) is 60.8 Å². The van der Waals surface area contributed by atoms with Crippen LogP contribution in [0.5, 0.6) is 6.01 Å². The highest BCUT2D eigenvalue weighted by Gasteiger charge is 2.37. The number of nitriles is 1. The van der Waals surface area contributed by atoms with E-state index >= 15 is 0 Å². The van der Waals surface area contributed by atoms with Gasteiger partial charge >= 0.3 is 6.01 Å². The van der Waals surface area contributed by atoms with E-state index in [9.17, 15) is 5.26 Å². The molecule has 0 spiro atoms. The second-order valence-corrected chi connectivity index (χ2v) is 13.5. The zero-order chi connectivity index (χ0) is 30.3. The fourth-order valence-electron chi connectivity index (χ4n) is 8.05. The van der Waals surface area contributed by atoms with E-state index in [1.807, 2.05) is 6.20 Å². The Bertz CT molecular complexity index is 1570. The van der Waals surface area contributed by atoms with Gasteiger partial charge in [-0.25, -0.2) is 4.68 Å². The van der Waals surface area contributed by atoms with Crippen LogP contribution in [0.2, 0.25) is 0 Å². The molecule has 6 heterocycles. The van der Waals surface area contributed by atoms with Crippen molar-refractivity contribution < 1.29 is 9.47 Å². The SMILES string of the molecule is Cc1ccc2c(cnn2C2CCCCO2)c1N1CCc2c(nc(OC[C@@H]3CCCN3C3CC3)nc2N2CCN[C@@H](CC#N)C2)C1. The summed E-state index contributed by atoms with van der Waals surface area (Å²) in [6.45, 7) is 8.83. The maximum absolute atomic E-state index is 9.38. The summed E-state index contributed by atoms with van der Waals surface area (Å²) in [4.78, 5) is 17.7. The number of hydrogen-bond donors (Lipinski definition) is 1. The Labute approximate surface area is 265 Å². The van der Waals surface area contributed by atoms with Crippen molar-refractivity contribution in [2.75, 3.05) is 55.7 Å². The molecule has 3 saturated heterocycles. The molecule has 1 aromatic carbocycles. The predicted octanol–water partition coefficient (Wildman–Crippen LogP) is 4.09. The molecule has 5 aliphatic rings. The fourth-order valence-corrected chi connectivity index (χ4v) is 8.05. The lowest BCUT2D eigenvalue weighted by atomic mass is 10.0. The molecule has 0 radical (unpaired) electrons. The molecule has 4 fully saturated rings. The van der Waals surface area contributed by atoms with Crippen molar-refractivity contribution in [3.63, 3.8) is 0 Å². The Kier molecular flexibility index (Phi) is 7.97. The zero-order valence-corrected chi connectivity index (χ0v) is 26.5. The number of fused-ring (bicyclic) bond motifs is 2. The number of aromatic nitrogens is 4. The van der Waals surface area contributed by atoms with Crippen molar-refractivity contribution in [2.24, 2.45) is 0 Å². The molecular weight excluding hydrogens is 566 g/mol. The molecule has 1 unspecified atom stereocenters. The second-order valence-electron chi connectivity index (χ2n) is 13.5. The van der Waals surface area contributed by atoms with Crippen LogP contribution in [0.1, 0.15) is 74.4 Å². The number of ether oxygens (including phenoxy) is 2. The lowest BCUT2D eigenvalue weighted by Crippen LogP contribution is -2.51. The topological polar surface area (TPSA) is 108 Å². The molecule has 11 heteroatoms. The highest BCUT2D eigenvalue weighted by molar-refractivity contribution is 5.94. The predicted molar refractivity (Wildman–Crippen MR) is 173 cm³/mol. The molecule has 8 rings (SSSR count). The highest BCUT2D eigenvalue weighted by Crippen LogP contribution is 2.38. The maximum Gasteiger partial charge on any atom is 0.318 e. The maximum atomic E-state index is 9.38. The van der Waals surface area contributed by atoms with Gasteiger partial charge < -0.3 is 24.6 Å². The average molecular weight is 612 g/mol. The molecule has 0 bridgehead atoms. The van der Waals surface area contributed by atoms with Crippen LogP contribution in [0, 0.1) is 18.3 Å². The summed E-state index contributed by atoms with van der Waals surface area (Å²) in [7, 11) is 0. The van der Waals surface area contributed by atoms with Crippen molar-refractivity contribution in [1.82, 2.24) is 30.0 Å². The number of likely N-dealkylation sites (tertiary alicyclic amines) is 1. The molecule has 11 nitrogen and oxygen atoms in total. The summed E-state index contributed by atoms with van der Waals surface area (Å²) >= 11 is 0. The van der Waals surface area contributed by atoms with Crippen molar-refractivity contribution in [1.29, 1.82) is 5.26 Å². The first-order valence-electron chi connectivity index (χ1n) is 17.1. The van der Waals surface area contributed by atoms with Gasteiger partial charge in [-0.05, 0) is 76.5 Å². The van der Waals surface area contributed by atoms with Gasteiger partial charge in [-0.2, -0.15) is 20.3 Å². The van der Waals surface area contributed by atoms with E-state index in [4.69, 9.17) is 24.5 Å². The number of nitrogens with zero attached hydrogens (tertiary/aromatic N) is 8. The van der Waals surface area contributed by atoms with E-state index in [-0.39, 0.29) is 12.3 Å². The van der Waals surface area contributed by atoms with Gasteiger partial charge in [0.05, 0.1) is 42.1 Å². The number of piperazine rings is 1. The van der Waals surface area contributed by atoms with Crippen molar-refractivity contribution in [2.45, 2.75) is 95.6 Å². The van der Waals surface area contributed by atoms with E-state index in [1.54, 1.807) is 0 Å². The Hall–Kier alpha value is -3.46.